The molecule has 0 saturated heterocycles. The summed E-state index contributed by atoms with van der Waals surface area (Å²) in [5.74, 6) is 1.11. The average molecular weight is 409 g/mol. The van der Waals surface area contributed by atoms with Crippen molar-refractivity contribution in [3.8, 4) is 11.6 Å². The van der Waals surface area contributed by atoms with Crippen molar-refractivity contribution in [1.29, 1.82) is 0 Å². The molecule has 6 nitrogen and oxygen atoms in total. The first-order chi connectivity index (χ1) is 12.6. The highest BCUT2D eigenvalue weighted by atomic mass is 35.5. The first kappa shape index (κ1) is 18.6. The number of nitrogens with one attached hydrogen (secondary N) is 1. The molecule has 0 atom stereocenters. The first-order valence-electron chi connectivity index (χ1n) is 7.54. The van der Waals surface area contributed by atoms with E-state index in [1.54, 1.807) is 42.7 Å². The summed E-state index contributed by atoms with van der Waals surface area (Å²) in [7, 11) is 0. The van der Waals surface area contributed by atoms with Crippen LogP contribution in [0.2, 0.25) is 10.0 Å². The number of benzene rings is 1. The van der Waals surface area contributed by atoms with E-state index in [1.807, 2.05) is 4.57 Å². The van der Waals surface area contributed by atoms with Crippen LogP contribution < -0.4 is 5.32 Å². The molecule has 0 aliphatic rings. The van der Waals surface area contributed by atoms with Crippen LogP contribution in [0.3, 0.4) is 0 Å². The third-order valence-corrected chi connectivity index (χ3v) is 4.82. The Labute approximate surface area is 164 Å². The van der Waals surface area contributed by atoms with Crippen LogP contribution in [0.15, 0.2) is 58.8 Å². The molecule has 0 spiro atoms. The minimum Gasteiger partial charge on any atom is -0.461 e. The van der Waals surface area contributed by atoms with Gasteiger partial charge in [-0.2, -0.15) is 0 Å². The number of thioether (sulfide) groups is 1. The fourth-order valence-corrected chi connectivity index (χ4v) is 3.39. The van der Waals surface area contributed by atoms with Crippen LogP contribution in [0.4, 0.5) is 5.69 Å². The molecule has 0 saturated carbocycles. The van der Waals surface area contributed by atoms with Crippen LogP contribution in [-0.2, 0) is 11.3 Å². The van der Waals surface area contributed by atoms with Gasteiger partial charge in [0.25, 0.3) is 0 Å². The quantitative estimate of drug-likeness (QED) is 0.450. The zero-order chi connectivity index (χ0) is 18.5. The predicted molar refractivity (Wildman–Crippen MR) is 104 cm³/mol. The molecule has 0 unspecified atom stereocenters. The van der Waals surface area contributed by atoms with E-state index < -0.39 is 0 Å². The number of rotatable bonds is 7. The number of aromatic nitrogens is 3. The Hall–Kier alpha value is -2.22. The monoisotopic (exact) mass is 408 g/mol. The molecule has 0 bridgehead atoms. The van der Waals surface area contributed by atoms with Crippen molar-refractivity contribution >= 4 is 46.6 Å². The second kappa shape index (κ2) is 8.44. The summed E-state index contributed by atoms with van der Waals surface area (Å²) >= 11 is 13.2. The standard InChI is InChI=1S/C17H14Cl2N4O2S/c1-2-7-23-16(14-4-3-8-25-14)21-22-17(23)26-10-15(24)20-13-6-5-11(18)9-12(13)19/h2-6,8-9H,1,7,10H2,(H,20,24). The van der Waals surface area contributed by atoms with E-state index in [2.05, 4.69) is 22.1 Å². The average Bonchev–Trinajstić information content (AvgIpc) is 3.26. The van der Waals surface area contributed by atoms with Gasteiger partial charge in [-0.25, -0.2) is 0 Å². The van der Waals surface area contributed by atoms with Crippen molar-refractivity contribution in [3.63, 3.8) is 0 Å². The lowest BCUT2D eigenvalue weighted by Crippen LogP contribution is -2.15. The Bertz CT molecular complexity index is 925. The van der Waals surface area contributed by atoms with Crippen molar-refractivity contribution in [1.82, 2.24) is 14.8 Å². The van der Waals surface area contributed by atoms with Crippen molar-refractivity contribution in [2.75, 3.05) is 11.1 Å². The van der Waals surface area contributed by atoms with Crippen LogP contribution in [0, 0.1) is 0 Å². The van der Waals surface area contributed by atoms with Gasteiger partial charge in [-0.15, -0.1) is 16.8 Å². The van der Waals surface area contributed by atoms with Crippen molar-refractivity contribution in [2.45, 2.75) is 11.7 Å². The fourth-order valence-electron chi connectivity index (χ4n) is 2.18. The summed E-state index contributed by atoms with van der Waals surface area (Å²) in [6, 6.07) is 8.46. The lowest BCUT2D eigenvalue weighted by molar-refractivity contribution is -0.113. The molecule has 134 valence electrons. The van der Waals surface area contributed by atoms with E-state index in [4.69, 9.17) is 27.6 Å². The summed E-state index contributed by atoms with van der Waals surface area (Å²) in [5, 5.41) is 12.5. The number of anilines is 1. The van der Waals surface area contributed by atoms with E-state index >= 15 is 0 Å². The molecule has 26 heavy (non-hydrogen) atoms. The molecule has 0 aliphatic heterocycles. The maximum absolute atomic E-state index is 12.2. The van der Waals surface area contributed by atoms with E-state index in [0.29, 0.717) is 39.0 Å². The van der Waals surface area contributed by atoms with Gasteiger partial charge < -0.3 is 9.73 Å². The number of furan rings is 1. The van der Waals surface area contributed by atoms with Gasteiger partial charge in [0.2, 0.25) is 11.7 Å². The second-order valence-electron chi connectivity index (χ2n) is 5.14. The van der Waals surface area contributed by atoms with Crippen LogP contribution in [0.5, 0.6) is 0 Å². The topological polar surface area (TPSA) is 73.0 Å². The number of halogens is 2. The van der Waals surface area contributed by atoms with Crippen molar-refractivity contribution in [2.24, 2.45) is 0 Å². The lowest BCUT2D eigenvalue weighted by Gasteiger charge is -2.08. The minimum absolute atomic E-state index is 0.145. The number of allylic oxidation sites excluding steroid dienone is 1. The number of amides is 1. The third kappa shape index (κ3) is 4.30. The lowest BCUT2D eigenvalue weighted by atomic mass is 10.3. The Morgan fingerprint density at radius 2 is 2.19 bits per heavy atom. The summed E-state index contributed by atoms with van der Waals surface area (Å²) in [5.41, 5.74) is 0.505. The molecule has 3 rings (SSSR count). The van der Waals surface area contributed by atoms with Crippen LogP contribution >= 0.6 is 35.0 Å². The molecule has 2 heterocycles. The van der Waals surface area contributed by atoms with Crippen molar-refractivity contribution < 1.29 is 9.21 Å². The zero-order valence-electron chi connectivity index (χ0n) is 13.5. The summed E-state index contributed by atoms with van der Waals surface area (Å²) < 4.78 is 7.21. The van der Waals surface area contributed by atoms with Crippen molar-refractivity contribution in [3.05, 3.63) is 59.3 Å². The fraction of sp³-hybridized carbons (Fsp3) is 0.118. The Morgan fingerprint density at radius 3 is 2.88 bits per heavy atom. The van der Waals surface area contributed by atoms with Gasteiger partial charge in [-0.1, -0.05) is 41.0 Å². The molecule has 3 aromatic rings. The van der Waals surface area contributed by atoms with Gasteiger partial charge in [0.15, 0.2) is 10.9 Å². The van der Waals surface area contributed by atoms with Gasteiger partial charge in [0.05, 0.1) is 22.7 Å². The molecular formula is C17H14Cl2N4O2S. The zero-order valence-corrected chi connectivity index (χ0v) is 15.8. The smallest absolute Gasteiger partial charge is 0.234 e. The molecule has 9 heteroatoms. The van der Waals surface area contributed by atoms with E-state index in [-0.39, 0.29) is 11.7 Å². The van der Waals surface area contributed by atoms with Gasteiger partial charge in [-0.3, -0.25) is 9.36 Å². The SMILES string of the molecule is C=CCn1c(SCC(=O)Nc2ccc(Cl)cc2Cl)nnc1-c1ccco1. The highest BCUT2D eigenvalue weighted by Gasteiger charge is 2.17. The van der Waals surface area contributed by atoms with Gasteiger partial charge in [0.1, 0.15) is 0 Å². The number of hydrogen-bond donors (Lipinski definition) is 1. The molecular weight excluding hydrogens is 395 g/mol. The Balaban J connectivity index is 1.69. The Kier molecular flexibility index (Phi) is 6.03. The second-order valence-corrected chi connectivity index (χ2v) is 6.93. The number of carbonyl (C=O) groups excluding carboxylic acids is 1. The van der Waals surface area contributed by atoms with E-state index in [9.17, 15) is 4.79 Å². The molecule has 1 amide bonds. The molecule has 1 N–H and O–H groups in total. The highest BCUT2D eigenvalue weighted by molar-refractivity contribution is 7.99. The minimum atomic E-state index is -0.216. The van der Waals surface area contributed by atoms with Gasteiger partial charge in [-0.05, 0) is 30.3 Å². The Morgan fingerprint density at radius 1 is 1.35 bits per heavy atom. The molecule has 0 radical (unpaired) electrons. The van der Waals surface area contributed by atoms with E-state index in [1.165, 1.54) is 11.8 Å². The maximum atomic E-state index is 12.2. The number of carbonyl (C=O) groups is 1. The van der Waals surface area contributed by atoms with E-state index in [0.717, 1.165) is 0 Å². The highest BCUT2D eigenvalue weighted by Crippen LogP contribution is 2.27. The van der Waals surface area contributed by atoms with Crippen LogP contribution in [-0.4, -0.2) is 26.4 Å². The number of nitrogens with zero attached hydrogens (tertiary/aromatic N) is 3. The normalized spacial score (nSPS) is 10.7. The molecule has 2 aromatic heterocycles. The van der Waals surface area contributed by atoms with Gasteiger partial charge in [0, 0.05) is 11.6 Å². The van der Waals surface area contributed by atoms with Crippen LogP contribution in [0.25, 0.3) is 11.6 Å². The largest absolute Gasteiger partial charge is 0.461 e. The summed E-state index contributed by atoms with van der Waals surface area (Å²) in [4.78, 5) is 12.2. The molecule has 0 aliphatic carbocycles. The molecule has 1 aromatic carbocycles. The first-order valence-corrected chi connectivity index (χ1v) is 9.28. The number of hydrogen-bond acceptors (Lipinski definition) is 5. The van der Waals surface area contributed by atoms with Gasteiger partial charge >= 0.3 is 0 Å². The summed E-state index contributed by atoms with van der Waals surface area (Å²) in [6.07, 6.45) is 3.30. The van der Waals surface area contributed by atoms with Crippen LogP contribution in [0.1, 0.15) is 0 Å². The third-order valence-electron chi connectivity index (χ3n) is 3.31. The summed E-state index contributed by atoms with van der Waals surface area (Å²) in [6.45, 7) is 4.24. The predicted octanol–water partition coefficient (Wildman–Crippen LogP) is 4.76. The maximum Gasteiger partial charge on any atom is 0.234 e. The molecule has 0 fully saturated rings.